The van der Waals surface area contributed by atoms with Gasteiger partial charge in [-0.15, -0.1) is 0 Å². The van der Waals surface area contributed by atoms with Crippen LogP contribution in [-0.4, -0.2) is 12.0 Å². The van der Waals surface area contributed by atoms with Crippen molar-refractivity contribution in [2.45, 2.75) is 6.04 Å². The SMILES string of the molecule is CNC(c1ccc(I)c(Cl)c1)c1cccc2ccncc12. The van der Waals surface area contributed by atoms with Gasteiger partial charge < -0.3 is 5.32 Å². The minimum absolute atomic E-state index is 0.0902. The maximum atomic E-state index is 6.27. The second kappa shape index (κ2) is 6.30. The van der Waals surface area contributed by atoms with Crippen LogP contribution in [0.2, 0.25) is 5.02 Å². The number of nitrogens with zero attached hydrogens (tertiary/aromatic N) is 1. The number of rotatable bonds is 3. The number of hydrogen-bond donors (Lipinski definition) is 1. The first-order chi connectivity index (χ1) is 10.2. The zero-order valence-electron chi connectivity index (χ0n) is 11.5. The monoisotopic (exact) mass is 408 g/mol. The molecule has 106 valence electrons. The van der Waals surface area contributed by atoms with E-state index in [9.17, 15) is 0 Å². The molecular formula is C17H14ClIN2. The molecule has 0 aliphatic heterocycles. The first-order valence-corrected chi connectivity index (χ1v) is 8.11. The van der Waals surface area contributed by atoms with Crippen molar-refractivity contribution in [1.82, 2.24) is 10.3 Å². The molecular weight excluding hydrogens is 395 g/mol. The number of benzene rings is 2. The van der Waals surface area contributed by atoms with Crippen molar-refractivity contribution in [3.05, 3.63) is 74.6 Å². The van der Waals surface area contributed by atoms with Crippen molar-refractivity contribution in [2.24, 2.45) is 0 Å². The summed E-state index contributed by atoms with van der Waals surface area (Å²) < 4.78 is 1.06. The molecule has 0 saturated heterocycles. The predicted octanol–water partition coefficient (Wildman–Crippen LogP) is 4.80. The molecule has 0 bridgehead atoms. The summed E-state index contributed by atoms with van der Waals surface area (Å²) in [6.07, 6.45) is 3.74. The van der Waals surface area contributed by atoms with Gasteiger partial charge in [0, 0.05) is 21.4 Å². The molecule has 0 fully saturated rings. The smallest absolute Gasteiger partial charge is 0.0581 e. The van der Waals surface area contributed by atoms with Crippen LogP contribution in [0, 0.1) is 3.57 Å². The molecule has 1 aromatic heterocycles. The van der Waals surface area contributed by atoms with Gasteiger partial charge >= 0.3 is 0 Å². The van der Waals surface area contributed by atoms with Crippen LogP contribution in [0.3, 0.4) is 0 Å². The summed E-state index contributed by atoms with van der Waals surface area (Å²) in [6, 6.07) is 14.6. The van der Waals surface area contributed by atoms with Gasteiger partial charge in [-0.2, -0.15) is 0 Å². The molecule has 1 unspecified atom stereocenters. The zero-order valence-corrected chi connectivity index (χ0v) is 14.4. The fraction of sp³-hybridized carbons (Fsp3) is 0.118. The van der Waals surface area contributed by atoms with Gasteiger partial charge in [0.05, 0.1) is 11.1 Å². The van der Waals surface area contributed by atoms with Gasteiger partial charge in [0.1, 0.15) is 0 Å². The van der Waals surface area contributed by atoms with E-state index in [1.54, 1.807) is 0 Å². The van der Waals surface area contributed by atoms with Gasteiger partial charge in [-0.1, -0.05) is 35.9 Å². The van der Waals surface area contributed by atoms with Gasteiger partial charge in [-0.05, 0) is 64.4 Å². The van der Waals surface area contributed by atoms with E-state index in [0.29, 0.717) is 0 Å². The topological polar surface area (TPSA) is 24.9 Å². The number of hydrogen-bond acceptors (Lipinski definition) is 2. The highest BCUT2D eigenvalue weighted by Crippen LogP contribution is 2.30. The fourth-order valence-electron chi connectivity index (χ4n) is 2.58. The average Bonchev–Trinajstić information content (AvgIpc) is 2.52. The molecule has 0 aliphatic rings. The molecule has 1 heterocycles. The van der Waals surface area contributed by atoms with E-state index in [1.165, 1.54) is 10.9 Å². The summed E-state index contributed by atoms with van der Waals surface area (Å²) in [5.74, 6) is 0. The lowest BCUT2D eigenvalue weighted by atomic mass is 9.95. The Kier molecular flexibility index (Phi) is 4.42. The summed E-state index contributed by atoms with van der Waals surface area (Å²) in [5, 5.41) is 6.52. The first-order valence-electron chi connectivity index (χ1n) is 6.65. The van der Waals surface area contributed by atoms with Crippen molar-refractivity contribution >= 4 is 45.0 Å². The van der Waals surface area contributed by atoms with Crippen LogP contribution in [0.1, 0.15) is 17.2 Å². The van der Waals surface area contributed by atoms with Gasteiger partial charge in [-0.3, -0.25) is 4.98 Å². The highest BCUT2D eigenvalue weighted by molar-refractivity contribution is 14.1. The number of halogens is 2. The minimum atomic E-state index is 0.0902. The fourth-order valence-corrected chi connectivity index (χ4v) is 3.11. The summed E-state index contributed by atoms with van der Waals surface area (Å²) in [4.78, 5) is 4.26. The van der Waals surface area contributed by atoms with Crippen LogP contribution in [0.25, 0.3) is 10.8 Å². The van der Waals surface area contributed by atoms with Crippen molar-refractivity contribution < 1.29 is 0 Å². The minimum Gasteiger partial charge on any atom is -0.309 e. The van der Waals surface area contributed by atoms with Gasteiger partial charge in [0.15, 0.2) is 0 Å². The quantitative estimate of drug-likeness (QED) is 0.630. The van der Waals surface area contributed by atoms with Gasteiger partial charge in [0.2, 0.25) is 0 Å². The third kappa shape index (κ3) is 2.91. The molecule has 0 saturated carbocycles. The third-order valence-corrected chi connectivity index (χ3v) is 5.17. The lowest BCUT2D eigenvalue weighted by Gasteiger charge is -2.19. The summed E-state index contributed by atoms with van der Waals surface area (Å²) in [5.41, 5.74) is 2.36. The Morgan fingerprint density at radius 2 is 2.05 bits per heavy atom. The van der Waals surface area contributed by atoms with Gasteiger partial charge in [-0.25, -0.2) is 0 Å². The Hall–Kier alpha value is -1.17. The van der Waals surface area contributed by atoms with Crippen LogP contribution in [-0.2, 0) is 0 Å². The second-order valence-electron chi connectivity index (χ2n) is 4.84. The maximum Gasteiger partial charge on any atom is 0.0581 e. The number of nitrogens with one attached hydrogen (secondary N) is 1. The molecule has 2 aromatic carbocycles. The lowest BCUT2D eigenvalue weighted by Crippen LogP contribution is -2.18. The van der Waals surface area contributed by atoms with Crippen LogP contribution >= 0.6 is 34.2 Å². The van der Waals surface area contributed by atoms with Crippen molar-refractivity contribution in [1.29, 1.82) is 0 Å². The molecule has 1 N–H and O–H groups in total. The molecule has 1 atom stereocenters. The molecule has 0 radical (unpaired) electrons. The molecule has 0 aliphatic carbocycles. The number of aromatic nitrogens is 1. The third-order valence-electron chi connectivity index (χ3n) is 3.59. The lowest BCUT2D eigenvalue weighted by molar-refractivity contribution is 0.696. The first kappa shape index (κ1) is 14.8. The predicted molar refractivity (Wildman–Crippen MR) is 96.8 cm³/mol. The van der Waals surface area contributed by atoms with E-state index in [4.69, 9.17) is 11.6 Å². The number of fused-ring (bicyclic) bond motifs is 1. The summed E-state index contributed by atoms with van der Waals surface area (Å²) in [7, 11) is 1.96. The maximum absolute atomic E-state index is 6.27. The molecule has 0 amide bonds. The standard InChI is InChI=1S/C17H14ClIN2/c1-20-17(12-5-6-16(19)15(18)9-12)13-4-2-3-11-7-8-21-10-14(11)13/h2-10,17,20H,1H3. The molecule has 21 heavy (non-hydrogen) atoms. The largest absolute Gasteiger partial charge is 0.309 e. The Balaban J connectivity index is 2.16. The van der Waals surface area contributed by atoms with Crippen LogP contribution < -0.4 is 5.32 Å². The Labute approximate surface area is 142 Å². The number of pyridine rings is 1. The second-order valence-corrected chi connectivity index (χ2v) is 6.41. The van der Waals surface area contributed by atoms with Crippen molar-refractivity contribution in [3.8, 4) is 0 Å². The molecule has 2 nitrogen and oxygen atoms in total. The van der Waals surface area contributed by atoms with E-state index in [1.807, 2.05) is 37.6 Å². The Bertz CT molecular complexity index is 783. The van der Waals surface area contributed by atoms with Crippen LogP contribution in [0.4, 0.5) is 0 Å². The Morgan fingerprint density at radius 1 is 1.19 bits per heavy atom. The highest BCUT2D eigenvalue weighted by atomic mass is 127. The van der Waals surface area contributed by atoms with E-state index in [2.05, 4.69) is 57.2 Å². The summed E-state index contributed by atoms with van der Waals surface area (Å²) >= 11 is 8.52. The summed E-state index contributed by atoms with van der Waals surface area (Å²) in [6.45, 7) is 0. The van der Waals surface area contributed by atoms with E-state index in [0.717, 1.165) is 19.5 Å². The molecule has 0 spiro atoms. The van der Waals surface area contributed by atoms with Crippen molar-refractivity contribution in [2.75, 3.05) is 7.05 Å². The van der Waals surface area contributed by atoms with E-state index >= 15 is 0 Å². The average molecular weight is 409 g/mol. The van der Waals surface area contributed by atoms with Crippen molar-refractivity contribution in [3.63, 3.8) is 0 Å². The van der Waals surface area contributed by atoms with Crippen LogP contribution in [0.5, 0.6) is 0 Å². The Morgan fingerprint density at radius 3 is 2.81 bits per heavy atom. The van der Waals surface area contributed by atoms with E-state index in [-0.39, 0.29) is 6.04 Å². The van der Waals surface area contributed by atoms with Gasteiger partial charge in [0.25, 0.3) is 0 Å². The van der Waals surface area contributed by atoms with E-state index < -0.39 is 0 Å². The molecule has 3 rings (SSSR count). The molecule has 4 heteroatoms. The van der Waals surface area contributed by atoms with Crippen LogP contribution in [0.15, 0.2) is 54.9 Å². The highest BCUT2D eigenvalue weighted by Gasteiger charge is 2.15. The molecule has 3 aromatic rings. The normalized spacial score (nSPS) is 12.5. The zero-order chi connectivity index (χ0) is 14.8.